The number of hydrogen-bond acceptors (Lipinski definition) is 4. The van der Waals surface area contributed by atoms with E-state index < -0.39 is 0 Å². The number of rotatable bonds is 4. The molecule has 0 saturated carbocycles. The third-order valence-corrected chi connectivity index (χ3v) is 3.11. The molecule has 1 aromatic heterocycles. The Labute approximate surface area is 129 Å². The van der Waals surface area contributed by atoms with Crippen molar-refractivity contribution in [3.8, 4) is 0 Å². The van der Waals surface area contributed by atoms with Gasteiger partial charge in [0.1, 0.15) is 11.6 Å². The number of nitrogens with zero attached hydrogens (tertiary/aromatic N) is 3. The zero-order chi connectivity index (χ0) is 15.4. The molecule has 21 heavy (non-hydrogen) atoms. The molecular formula is C15H17ClN4O. The van der Waals surface area contributed by atoms with Gasteiger partial charge in [-0.15, -0.1) is 0 Å². The van der Waals surface area contributed by atoms with Crippen LogP contribution in [0.15, 0.2) is 30.3 Å². The molecule has 110 valence electrons. The lowest BCUT2D eigenvalue weighted by atomic mass is 10.2. The molecule has 2 rings (SSSR count). The average Bonchev–Trinajstić information content (AvgIpc) is 2.45. The molecule has 1 aromatic carbocycles. The fourth-order valence-corrected chi connectivity index (χ4v) is 1.91. The normalized spacial score (nSPS) is 10.3. The highest BCUT2D eigenvalue weighted by Gasteiger charge is 2.08. The summed E-state index contributed by atoms with van der Waals surface area (Å²) >= 11 is 5.80. The van der Waals surface area contributed by atoms with Crippen LogP contribution in [0.3, 0.4) is 0 Å². The van der Waals surface area contributed by atoms with Crippen LogP contribution in [0.2, 0.25) is 5.02 Å². The first-order chi connectivity index (χ1) is 9.95. The van der Waals surface area contributed by atoms with Gasteiger partial charge in [-0.1, -0.05) is 11.6 Å². The van der Waals surface area contributed by atoms with E-state index in [2.05, 4.69) is 15.3 Å². The molecule has 0 atom stereocenters. The molecule has 0 fully saturated rings. The van der Waals surface area contributed by atoms with Crippen molar-refractivity contribution in [1.82, 2.24) is 15.3 Å². The lowest BCUT2D eigenvalue weighted by Crippen LogP contribution is -2.24. The van der Waals surface area contributed by atoms with Gasteiger partial charge in [0, 0.05) is 36.4 Å². The minimum absolute atomic E-state index is 0.178. The summed E-state index contributed by atoms with van der Waals surface area (Å²) in [5, 5.41) is 3.40. The third kappa shape index (κ3) is 4.16. The number of halogens is 1. The number of anilines is 1. The van der Waals surface area contributed by atoms with E-state index in [1.807, 2.05) is 32.0 Å². The van der Waals surface area contributed by atoms with Crippen molar-refractivity contribution < 1.29 is 4.79 Å². The second-order valence-electron chi connectivity index (χ2n) is 4.87. The molecule has 0 bridgehead atoms. The summed E-state index contributed by atoms with van der Waals surface area (Å²) in [7, 11) is 3.83. The molecule has 0 radical (unpaired) electrons. The quantitative estimate of drug-likeness (QED) is 0.942. The highest BCUT2D eigenvalue weighted by molar-refractivity contribution is 6.30. The molecule has 6 heteroatoms. The first-order valence-electron chi connectivity index (χ1n) is 6.51. The summed E-state index contributed by atoms with van der Waals surface area (Å²) in [5.41, 5.74) is 1.42. The Hall–Kier alpha value is -2.14. The largest absolute Gasteiger partial charge is 0.363 e. The molecule has 0 aliphatic carbocycles. The number of carbonyl (C=O) groups is 1. The molecule has 0 saturated heterocycles. The molecule has 0 unspecified atom stereocenters. The number of carbonyl (C=O) groups excluding carboxylic acids is 1. The predicted octanol–water partition coefficient (Wildman–Crippen LogP) is 2.43. The van der Waals surface area contributed by atoms with Gasteiger partial charge in [0.2, 0.25) is 0 Å². The van der Waals surface area contributed by atoms with E-state index >= 15 is 0 Å². The Morgan fingerprint density at radius 2 is 1.90 bits per heavy atom. The van der Waals surface area contributed by atoms with Crippen molar-refractivity contribution in [3.05, 3.63) is 52.4 Å². The molecule has 0 spiro atoms. The van der Waals surface area contributed by atoms with Crippen LogP contribution in [0.1, 0.15) is 21.9 Å². The topological polar surface area (TPSA) is 58.1 Å². The number of amides is 1. The first kappa shape index (κ1) is 15.3. The number of aromatic nitrogens is 2. The first-order valence-corrected chi connectivity index (χ1v) is 6.89. The Morgan fingerprint density at radius 1 is 1.24 bits per heavy atom. The van der Waals surface area contributed by atoms with E-state index in [4.69, 9.17) is 11.6 Å². The summed E-state index contributed by atoms with van der Waals surface area (Å²) < 4.78 is 0. The molecule has 5 nitrogen and oxygen atoms in total. The number of aryl methyl sites for hydroxylation is 1. The summed E-state index contributed by atoms with van der Waals surface area (Å²) in [6, 6.07) is 8.62. The van der Waals surface area contributed by atoms with Crippen molar-refractivity contribution in [2.45, 2.75) is 13.5 Å². The molecule has 0 aliphatic rings. The number of nitrogens with one attached hydrogen (secondary N) is 1. The van der Waals surface area contributed by atoms with Gasteiger partial charge in [-0.3, -0.25) is 4.79 Å². The highest BCUT2D eigenvalue weighted by atomic mass is 35.5. The van der Waals surface area contributed by atoms with Crippen molar-refractivity contribution in [2.24, 2.45) is 0 Å². The second kappa shape index (κ2) is 6.54. The van der Waals surface area contributed by atoms with Crippen molar-refractivity contribution in [2.75, 3.05) is 19.0 Å². The Balaban J connectivity index is 2.05. The van der Waals surface area contributed by atoms with Crippen LogP contribution < -0.4 is 10.2 Å². The summed E-state index contributed by atoms with van der Waals surface area (Å²) in [6.07, 6.45) is 0. The number of benzene rings is 1. The van der Waals surface area contributed by atoms with Gasteiger partial charge in [0.05, 0.1) is 6.54 Å². The van der Waals surface area contributed by atoms with Crippen molar-refractivity contribution in [1.29, 1.82) is 0 Å². The van der Waals surface area contributed by atoms with Crippen LogP contribution in [0.4, 0.5) is 5.82 Å². The van der Waals surface area contributed by atoms with E-state index in [9.17, 15) is 4.79 Å². The summed E-state index contributed by atoms with van der Waals surface area (Å²) in [4.78, 5) is 22.6. The lowest BCUT2D eigenvalue weighted by Gasteiger charge is -2.13. The van der Waals surface area contributed by atoms with Crippen LogP contribution in [-0.2, 0) is 6.54 Å². The van der Waals surface area contributed by atoms with E-state index in [0.717, 1.165) is 11.5 Å². The molecule has 1 heterocycles. The fourth-order valence-electron chi connectivity index (χ4n) is 1.78. The molecule has 0 aliphatic heterocycles. The van der Waals surface area contributed by atoms with Gasteiger partial charge in [-0.05, 0) is 31.2 Å². The molecule has 1 N–H and O–H groups in total. The van der Waals surface area contributed by atoms with Gasteiger partial charge >= 0.3 is 0 Å². The van der Waals surface area contributed by atoms with E-state index in [1.165, 1.54) is 0 Å². The summed E-state index contributed by atoms with van der Waals surface area (Å²) in [5.74, 6) is 1.22. The third-order valence-electron chi connectivity index (χ3n) is 2.86. The minimum Gasteiger partial charge on any atom is -0.363 e. The lowest BCUT2D eigenvalue weighted by molar-refractivity contribution is 0.0950. The maximum Gasteiger partial charge on any atom is 0.251 e. The fraction of sp³-hybridized carbons (Fsp3) is 0.267. The zero-order valence-electron chi connectivity index (χ0n) is 12.2. The van der Waals surface area contributed by atoms with E-state index in [0.29, 0.717) is 16.4 Å². The van der Waals surface area contributed by atoms with Gasteiger partial charge in [0.15, 0.2) is 0 Å². The Bertz CT molecular complexity index is 641. The van der Waals surface area contributed by atoms with Gasteiger partial charge in [-0.2, -0.15) is 0 Å². The van der Waals surface area contributed by atoms with Crippen LogP contribution in [0, 0.1) is 6.92 Å². The van der Waals surface area contributed by atoms with Crippen LogP contribution in [0.5, 0.6) is 0 Å². The zero-order valence-corrected chi connectivity index (χ0v) is 13.0. The molecular weight excluding hydrogens is 288 g/mol. The monoisotopic (exact) mass is 304 g/mol. The second-order valence-corrected chi connectivity index (χ2v) is 5.30. The van der Waals surface area contributed by atoms with E-state index in [1.54, 1.807) is 24.3 Å². The van der Waals surface area contributed by atoms with Crippen LogP contribution in [0.25, 0.3) is 0 Å². The Kier molecular flexibility index (Phi) is 4.75. The van der Waals surface area contributed by atoms with Gasteiger partial charge < -0.3 is 10.2 Å². The van der Waals surface area contributed by atoms with Crippen LogP contribution in [-0.4, -0.2) is 30.0 Å². The smallest absolute Gasteiger partial charge is 0.251 e. The standard InChI is InChI=1S/C15H17ClN4O/c1-10-8-14(20(2)3)19-13(18-10)9-17-15(21)11-4-6-12(16)7-5-11/h4-8H,9H2,1-3H3,(H,17,21). The van der Waals surface area contributed by atoms with Crippen molar-refractivity contribution in [3.63, 3.8) is 0 Å². The molecule has 1 amide bonds. The Morgan fingerprint density at radius 3 is 2.52 bits per heavy atom. The van der Waals surface area contributed by atoms with Gasteiger partial charge in [-0.25, -0.2) is 9.97 Å². The maximum atomic E-state index is 12.0. The van der Waals surface area contributed by atoms with Gasteiger partial charge in [0.25, 0.3) is 5.91 Å². The number of hydrogen-bond donors (Lipinski definition) is 1. The van der Waals surface area contributed by atoms with E-state index in [-0.39, 0.29) is 12.5 Å². The van der Waals surface area contributed by atoms with Crippen LogP contribution >= 0.6 is 11.6 Å². The SMILES string of the molecule is Cc1cc(N(C)C)nc(CNC(=O)c2ccc(Cl)cc2)n1. The highest BCUT2D eigenvalue weighted by Crippen LogP contribution is 2.11. The molecule has 2 aromatic rings. The minimum atomic E-state index is -0.178. The predicted molar refractivity (Wildman–Crippen MR) is 83.7 cm³/mol. The van der Waals surface area contributed by atoms with Crippen molar-refractivity contribution >= 4 is 23.3 Å². The maximum absolute atomic E-state index is 12.0. The summed E-state index contributed by atoms with van der Waals surface area (Å²) in [6.45, 7) is 2.18. The average molecular weight is 305 g/mol.